The van der Waals surface area contributed by atoms with Crippen LogP contribution < -0.4 is 16.0 Å². The summed E-state index contributed by atoms with van der Waals surface area (Å²) in [6.45, 7) is 6.59. The Labute approximate surface area is 239 Å². The van der Waals surface area contributed by atoms with Crippen LogP contribution in [-0.4, -0.2) is 16.9 Å². The van der Waals surface area contributed by atoms with Crippen LogP contribution in [0.2, 0.25) is 5.02 Å². The van der Waals surface area contributed by atoms with E-state index in [0.29, 0.717) is 40.4 Å². The molecule has 1 fully saturated rings. The molecule has 1 atom stereocenters. The molecule has 0 radical (unpaired) electrons. The number of aryl methyl sites for hydroxylation is 1. The molecule has 2 heterocycles. The van der Waals surface area contributed by atoms with Crippen LogP contribution >= 0.6 is 11.6 Å². The zero-order valence-corrected chi connectivity index (χ0v) is 23.8. The molecule has 4 aromatic rings. The van der Waals surface area contributed by atoms with E-state index in [1.165, 1.54) is 19.3 Å². The molecule has 3 aromatic carbocycles. The second-order valence-corrected chi connectivity index (χ2v) is 10.7. The fourth-order valence-electron chi connectivity index (χ4n) is 4.67. The first kappa shape index (κ1) is 27.5. The summed E-state index contributed by atoms with van der Waals surface area (Å²) >= 11 is 6.54. The summed E-state index contributed by atoms with van der Waals surface area (Å²) in [5.41, 5.74) is 5.45. The standard InChI is InChI=1S/C27H24ClN5O2.C5H10/c1-16-9-3-4-10-18(16)15-29-25(34)23-17(2)30-26(32-24(23)19-11-5-6-12-20(19)28)33-27-31-21-13-7-8-14-22(21)35-27;1-5-3-2-4-5/h3-14,24H,15H2,1-2H3,(H,29,34)(H2,30,31,32,33);5H,2-4H2,1H3. The van der Waals surface area contributed by atoms with Gasteiger partial charge in [0.05, 0.1) is 5.57 Å². The number of nitrogens with zero attached hydrogens (tertiary/aromatic N) is 2. The highest BCUT2D eigenvalue weighted by Gasteiger charge is 2.31. The number of guanidine groups is 1. The molecule has 7 nitrogen and oxygen atoms in total. The van der Waals surface area contributed by atoms with E-state index in [9.17, 15) is 4.79 Å². The summed E-state index contributed by atoms with van der Waals surface area (Å²) in [5, 5.41) is 9.85. The van der Waals surface area contributed by atoms with Gasteiger partial charge in [0.15, 0.2) is 5.58 Å². The summed E-state index contributed by atoms with van der Waals surface area (Å²) in [7, 11) is 0. The average Bonchev–Trinajstić information content (AvgIpc) is 3.34. The molecule has 0 bridgehead atoms. The molecule has 1 amide bonds. The third-order valence-electron chi connectivity index (χ3n) is 7.30. The Kier molecular flexibility index (Phi) is 8.51. The van der Waals surface area contributed by atoms with E-state index in [4.69, 9.17) is 21.0 Å². The maximum Gasteiger partial charge on any atom is 0.302 e. The minimum atomic E-state index is -0.617. The van der Waals surface area contributed by atoms with Crippen molar-refractivity contribution >= 4 is 40.6 Å². The molecule has 40 heavy (non-hydrogen) atoms. The Balaban J connectivity index is 0.000000582. The Bertz CT molecular complexity index is 1540. The molecule has 1 aromatic heterocycles. The predicted octanol–water partition coefficient (Wildman–Crippen LogP) is 7.30. The first-order valence-electron chi connectivity index (χ1n) is 13.6. The van der Waals surface area contributed by atoms with Crippen LogP contribution in [0.3, 0.4) is 0 Å². The molecule has 2 aliphatic rings. The van der Waals surface area contributed by atoms with E-state index in [2.05, 4.69) is 27.9 Å². The second-order valence-electron chi connectivity index (χ2n) is 10.3. The number of anilines is 1. The largest absolute Gasteiger partial charge is 0.423 e. The van der Waals surface area contributed by atoms with Gasteiger partial charge in [0.25, 0.3) is 5.91 Å². The van der Waals surface area contributed by atoms with Crippen LogP contribution in [0.5, 0.6) is 0 Å². The number of carbonyl (C=O) groups excluding carboxylic acids is 1. The summed E-state index contributed by atoms with van der Waals surface area (Å²) in [6.07, 6.45) is 4.46. The summed E-state index contributed by atoms with van der Waals surface area (Å²) in [5.74, 6) is 1.26. The molecule has 8 heteroatoms. The van der Waals surface area contributed by atoms with Crippen molar-refractivity contribution in [2.45, 2.75) is 52.6 Å². The van der Waals surface area contributed by atoms with Gasteiger partial charge < -0.3 is 15.1 Å². The Morgan fingerprint density at radius 3 is 2.42 bits per heavy atom. The smallest absolute Gasteiger partial charge is 0.302 e. The number of nitrogens with one attached hydrogen (secondary N) is 3. The molecular formula is C32H34ClN5O2. The summed E-state index contributed by atoms with van der Waals surface area (Å²) in [6, 6.07) is 22.5. The van der Waals surface area contributed by atoms with Crippen LogP contribution in [0.4, 0.5) is 6.01 Å². The lowest BCUT2D eigenvalue weighted by atomic mass is 9.88. The Morgan fingerprint density at radius 1 is 1.02 bits per heavy atom. The predicted molar refractivity (Wildman–Crippen MR) is 161 cm³/mol. The van der Waals surface area contributed by atoms with Gasteiger partial charge in [-0.05, 0) is 49.1 Å². The number of para-hydroxylation sites is 2. The third-order valence-corrected chi connectivity index (χ3v) is 7.64. The number of hydrogen-bond acceptors (Lipinski definition) is 6. The molecule has 0 spiro atoms. The average molecular weight is 556 g/mol. The molecule has 0 saturated heterocycles. The first-order chi connectivity index (χ1) is 19.4. The van der Waals surface area contributed by atoms with E-state index in [1.807, 2.05) is 80.6 Å². The van der Waals surface area contributed by atoms with Gasteiger partial charge in [-0.3, -0.25) is 10.1 Å². The van der Waals surface area contributed by atoms with Gasteiger partial charge in [-0.25, -0.2) is 4.99 Å². The number of amides is 1. The lowest BCUT2D eigenvalue weighted by molar-refractivity contribution is -0.118. The number of halogens is 1. The van der Waals surface area contributed by atoms with Crippen molar-refractivity contribution in [2.75, 3.05) is 5.32 Å². The highest BCUT2D eigenvalue weighted by molar-refractivity contribution is 6.31. The Morgan fingerprint density at radius 2 is 1.73 bits per heavy atom. The quantitative estimate of drug-likeness (QED) is 0.240. The minimum Gasteiger partial charge on any atom is -0.423 e. The number of aromatic nitrogens is 1. The zero-order valence-electron chi connectivity index (χ0n) is 23.0. The molecule has 1 aliphatic carbocycles. The van der Waals surface area contributed by atoms with Crippen molar-refractivity contribution in [1.29, 1.82) is 0 Å². The van der Waals surface area contributed by atoms with E-state index in [0.717, 1.165) is 28.1 Å². The SMILES string of the molecule is CC1=C(C(=O)NCc2ccccc2C)C(c2ccccc2Cl)N=C(Nc2nc3ccccc3o2)N1.CC1CCC1. The van der Waals surface area contributed by atoms with Crippen molar-refractivity contribution in [3.8, 4) is 0 Å². The Hall–Kier alpha value is -4.10. The molecule has 1 saturated carbocycles. The monoisotopic (exact) mass is 555 g/mol. The van der Waals surface area contributed by atoms with Crippen molar-refractivity contribution in [3.05, 3.63) is 106 Å². The molecule has 6 rings (SSSR count). The molecule has 1 unspecified atom stereocenters. The van der Waals surface area contributed by atoms with Gasteiger partial charge >= 0.3 is 6.01 Å². The normalized spacial score (nSPS) is 16.8. The lowest BCUT2D eigenvalue weighted by Crippen LogP contribution is -2.39. The lowest BCUT2D eigenvalue weighted by Gasteiger charge is -2.27. The summed E-state index contributed by atoms with van der Waals surface area (Å²) < 4.78 is 5.78. The topological polar surface area (TPSA) is 91.5 Å². The molecular weight excluding hydrogens is 522 g/mol. The number of carbonyl (C=O) groups is 1. The number of rotatable bonds is 5. The van der Waals surface area contributed by atoms with Crippen LogP contribution in [-0.2, 0) is 11.3 Å². The fourth-order valence-corrected chi connectivity index (χ4v) is 4.91. The summed E-state index contributed by atoms with van der Waals surface area (Å²) in [4.78, 5) is 22.6. The first-order valence-corrected chi connectivity index (χ1v) is 14.0. The number of benzene rings is 3. The van der Waals surface area contributed by atoms with Gasteiger partial charge in [-0.2, -0.15) is 4.98 Å². The fraction of sp³-hybridized carbons (Fsp3) is 0.281. The molecule has 3 N–H and O–H groups in total. The number of aliphatic imine (C=N–C) groups is 1. The van der Waals surface area contributed by atoms with E-state index in [-0.39, 0.29) is 5.91 Å². The number of allylic oxidation sites excluding steroid dienone is 1. The van der Waals surface area contributed by atoms with Gasteiger partial charge in [0.2, 0.25) is 5.96 Å². The second kappa shape index (κ2) is 12.4. The van der Waals surface area contributed by atoms with E-state index in [1.54, 1.807) is 6.07 Å². The van der Waals surface area contributed by atoms with Gasteiger partial charge in [-0.15, -0.1) is 0 Å². The van der Waals surface area contributed by atoms with Crippen molar-refractivity contribution in [2.24, 2.45) is 10.9 Å². The molecule has 206 valence electrons. The van der Waals surface area contributed by atoms with E-state index < -0.39 is 6.04 Å². The van der Waals surface area contributed by atoms with Crippen LogP contribution in [0.1, 0.15) is 55.8 Å². The zero-order chi connectivity index (χ0) is 28.1. The van der Waals surface area contributed by atoms with Gasteiger partial charge in [0.1, 0.15) is 11.6 Å². The number of oxazole rings is 1. The number of hydrogen-bond donors (Lipinski definition) is 3. The van der Waals surface area contributed by atoms with Crippen LogP contribution in [0.15, 0.2) is 93.5 Å². The van der Waals surface area contributed by atoms with Crippen molar-refractivity contribution in [3.63, 3.8) is 0 Å². The van der Waals surface area contributed by atoms with E-state index >= 15 is 0 Å². The van der Waals surface area contributed by atoms with Gasteiger partial charge in [0, 0.05) is 22.8 Å². The number of fused-ring (bicyclic) bond motifs is 1. The van der Waals surface area contributed by atoms with Crippen LogP contribution in [0.25, 0.3) is 11.1 Å². The van der Waals surface area contributed by atoms with Crippen LogP contribution in [0, 0.1) is 12.8 Å². The van der Waals surface area contributed by atoms with Crippen molar-refractivity contribution < 1.29 is 9.21 Å². The highest BCUT2D eigenvalue weighted by Crippen LogP contribution is 2.35. The maximum atomic E-state index is 13.4. The van der Waals surface area contributed by atoms with Crippen molar-refractivity contribution in [1.82, 2.24) is 15.6 Å². The third kappa shape index (κ3) is 6.37. The molecule has 1 aliphatic heterocycles. The maximum absolute atomic E-state index is 13.4. The highest BCUT2D eigenvalue weighted by atomic mass is 35.5. The minimum absolute atomic E-state index is 0.215. The van der Waals surface area contributed by atoms with Gasteiger partial charge in [-0.1, -0.05) is 92.4 Å².